The van der Waals surface area contributed by atoms with E-state index in [4.69, 9.17) is 0 Å². The predicted octanol–water partition coefficient (Wildman–Crippen LogP) is 2.29. The number of H-pyrrole nitrogens is 1. The number of aromatic nitrogens is 2. The van der Waals surface area contributed by atoms with Crippen LogP contribution < -0.4 is 5.56 Å². The number of nitrogens with zero attached hydrogens (tertiary/aromatic N) is 2. The summed E-state index contributed by atoms with van der Waals surface area (Å²) in [6.07, 6.45) is 2.56. The molecule has 0 fully saturated rings. The molecule has 0 saturated heterocycles. The number of fused-ring (bicyclic) bond motifs is 1. The quantitative estimate of drug-likeness (QED) is 0.909. The number of hydrogen-bond donors (Lipinski definition) is 2. The first-order valence-corrected chi connectivity index (χ1v) is 8.18. The Bertz CT molecular complexity index is 767. The number of aromatic amines is 1. The summed E-state index contributed by atoms with van der Waals surface area (Å²) in [5, 5.41) is 10.0. The number of phenols is 1. The Balaban J connectivity index is 1.80. The molecule has 0 bridgehead atoms. The molecule has 0 radical (unpaired) electrons. The summed E-state index contributed by atoms with van der Waals surface area (Å²) < 4.78 is 0. The van der Waals surface area contributed by atoms with E-state index in [9.17, 15) is 9.90 Å². The van der Waals surface area contributed by atoms with Crippen molar-refractivity contribution in [3.63, 3.8) is 0 Å². The van der Waals surface area contributed by atoms with Gasteiger partial charge in [-0.2, -0.15) is 0 Å². The van der Waals surface area contributed by atoms with Gasteiger partial charge in [-0.15, -0.1) is 0 Å². The second-order valence-electron chi connectivity index (χ2n) is 6.28. The average Bonchev–Trinajstić information content (AvgIpc) is 2.52. The van der Waals surface area contributed by atoms with Crippen LogP contribution in [0.5, 0.6) is 5.75 Å². The van der Waals surface area contributed by atoms with Crippen molar-refractivity contribution >= 4 is 0 Å². The first-order valence-electron chi connectivity index (χ1n) is 8.18. The highest BCUT2D eigenvalue weighted by Crippen LogP contribution is 2.23. The van der Waals surface area contributed by atoms with Crippen LogP contribution in [0.15, 0.2) is 23.0 Å². The van der Waals surface area contributed by atoms with Gasteiger partial charge in [0, 0.05) is 38.0 Å². The molecule has 122 valence electrons. The highest BCUT2D eigenvalue weighted by Gasteiger charge is 2.21. The smallest absolute Gasteiger partial charge is 0.255 e. The van der Waals surface area contributed by atoms with Crippen LogP contribution in [-0.4, -0.2) is 26.5 Å². The Morgan fingerprint density at radius 2 is 2.22 bits per heavy atom. The van der Waals surface area contributed by atoms with E-state index in [0.717, 1.165) is 54.0 Å². The van der Waals surface area contributed by atoms with Gasteiger partial charge in [0.15, 0.2) is 0 Å². The number of nitrogens with one attached hydrogen (secondary N) is 1. The van der Waals surface area contributed by atoms with Gasteiger partial charge in [0.2, 0.25) is 0 Å². The van der Waals surface area contributed by atoms with Gasteiger partial charge in [-0.25, -0.2) is 4.98 Å². The summed E-state index contributed by atoms with van der Waals surface area (Å²) >= 11 is 0. The number of phenolic OH excluding ortho intramolecular Hbond substituents is 1. The lowest BCUT2D eigenvalue weighted by molar-refractivity contribution is 0.238. The van der Waals surface area contributed by atoms with Gasteiger partial charge < -0.3 is 10.1 Å². The summed E-state index contributed by atoms with van der Waals surface area (Å²) in [6, 6.07) is 5.62. The molecule has 2 aromatic rings. The molecule has 0 aliphatic carbocycles. The minimum atomic E-state index is -0.0170. The third-order valence-corrected chi connectivity index (χ3v) is 4.31. The van der Waals surface area contributed by atoms with Crippen LogP contribution in [0.1, 0.15) is 41.6 Å². The molecule has 1 aromatic heterocycles. The number of hydrogen-bond acceptors (Lipinski definition) is 4. The number of aromatic hydroxyl groups is 1. The minimum absolute atomic E-state index is 0.0170. The first kappa shape index (κ1) is 15.7. The van der Waals surface area contributed by atoms with Crippen LogP contribution >= 0.6 is 0 Å². The highest BCUT2D eigenvalue weighted by molar-refractivity contribution is 5.35. The van der Waals surface area contributed by atoms with Crippen molar-refractivity contribution in [3.8, 4) is 5.75 Å². The first-order chi connectivity index (χ1) is 11.1. The zero-order valence-electron chi connectivity index (χ0n) is 13.7. The van der Waals surface area contributed by atoms with Gasteiger partial charge >= 0.3 is 0 Å². The molecule has 0 saturated carbocycles. The monoisotopic (exact) mass is 313 g/mol. The molecule has 1 aliphatic rings. The third kappa shape index (κ3) is 3.45. The van der Waals surface area contributed by atoms with Gasteiger partial charge in [-0.1, -0.05) is 24.6 Å². The third-order valence-electron chi connectivity index (χ3n) is 4.31. The fourth-order valence-corrected chi connectivity index (χ4v) is 3.10. The summed E-state index contributed by atoms with van der Waals surface area (Å²) in [6.45, 7) is 6.16. The van der Waals surface area contributed by atoms with Crippen LogP contribution in [-0.2, 0) is 25.9 Å². The predicted molar refractivity (Wildman–Crippen MR) is 89.5 cm³/mol. The Morgan fingerprint density at radius 1 is 1.39 bits per heavy atom. The zero-order chi connectivity index (χ0) is 16.4. The van der Waals surface area contributed by atoms with E-state index in [1.54, 1.807) is 6.07 Å². The summed E-state index contributed by atoms with van der Waals surface area (Å²) in [5.41, 5.74) is 3.71. The molecule has 3 rings (SSSR count). The van der Waals surface area contributed by atoms with E-state index in [1.807, 2.05) is 19.1 Å². The molecule has 23 heavy (non-hydrogen) atoms. The molecule has 2 heterocycles. The Morgan fingerprint density at radius 3 is 3.00 bits per heavy atom. The maximum atomic E-state index is 12.3. The summed E-state index contributed by atoms with van der Waals surface area (Å²) in [4.78, 5) is 22.0. The Labute approximate surface area is 136 Å². The second kappa shape index (κ2) is 6.54. The van der Waals surface area contributed by atoms with Gasteiger partial charge in [-0.05, 0) is 19.4 Å². The maximum absolute atomic E-state index is 12.3. The van der Waals surface area contributed by atoms with Crippen molar-refractivity contribution in [1.29, 1.82) is 0 Å². The van der Waals surface area contributed by atoms with Crippen LogP contribution in [0.2, 0.25) is 0 Å². The van der Waals surface area contributed by atoms with Gasteiger partial charge in [0.05, 0.1) is 11.3 Å². The summed E-state index contributed by atoms with van der Waals surface area (Å²) in [5.74, 6) is 1.10. The van der Waals surface area contributed by atoms with Crippen molar-refractivity contribution < 1.29 is 5.11 Å². The van der Waals surface area contributed by atoms with E-state index < -0.39 is 0 Å². The zero-order valence-corrected chi connectivity index (χ0v) is 13.7. The molecule has 0 amide bonds. The Kier molecular flexibility index (Phi) is 4.48. The largest absolute Gasteiger partial charge is 0.508 e. The molecular formula is C18H23N3O2. The van der Waals surface area contributed by atoms with E-state index in [-0.39, 0.29) is 5.56 Å². The van der Waals surface area contributed by atoms with Crippen molar-refractivity contribution in [2.45, 2.75) is 46.2 Å². The SMILES string of the molecule is CCCc1nc2c(c(=O)[nH]1)CN(Cc1cc(C)ccc1O)CC2. The molecule has 0 unspecified atom stereocenters. The maximum Gasteiger partial charge on any atom is 0.255 e. The Hall–Kier alpha value is -2.14. The molecule has 0 spiro atoms. The topological polar surface area (TPSA) is 69.2 Å². The lowest BCUT2D eigenvalue weighted by Crippen LogP contribution is -2.35. The van der Waals surface area contributed by atoms with E-state index >= 15 is 0 Å². The molecule has 5 heteroatoms. The number of benzene rings is 1. The molecule has 5 nitrogen and oxygen atoms in total. The van der Waals surface area contributed by atoms with Crippen LogP contribution in [0, 0.1) is 6.92 Å². The van der Waals surface area contributed by atoms with Crippen molar-refractivity contribution in [2.75, 3.05) is 6.54 Å². The van der Waals surface area contributed by atoms with E-state index in [2.05, 4.69) is 21.8 Å². The van der Waals surface area contributed by atoms with Crippen LogP contribution in [0.25, 0.3) is 0 Å². The van der Waals surface area contributed by atoms with E-state index in [0.29, 0.717) is 18.8 Å². The normalized spacial score (nSPS) is 14.7. The van der Waals surface area contributed by atoms with Gasteiger partial charge in [0.1, 0.15) is 11.6 Å². The van der Waals surface area contributed by atoms with Crippen molar-refractivity contribution in [1.82, 2.24) is 14.9 Å². The summed E-state index contributed by atoms with van der Waals surface area (Å²) in [7, 11) is 0. The number of rotatable bonds is 4. The lowest BCUT2D eigenvalue weighted by Gasteiger charge is -2.28. The minimum Gasteiger partial charge on any atom is -0.508 e. The fourth-order valence-electron chi connectivity index (χ4n) is 3.10. The molecule has 2 N–H and O–H groups in total. The second-order valence-corrected chi connectivity index (χ2v) is 6.28. The standard InChI is InChI=1S/C18H23N3O2/c1-3-4-17-19-15-7-8-21(11-14(15)18(23)20-17)10-13-9-12(2)5-6-16(13)22/h5-6,9,22H,3-4,7-8,10-11H2,1-2H3,(H,19,20,23). The molecule has 0 atom stereocenters. The van der Waals surface area contributed by atoms with Crippen molar-refractivity contribution in [3.05, 3.63) is 56.8 Å². The van der Waals surface area contributed by atoms with Gasteiger partial charge in [0.25, 0.3) is 5.56 Å². The number of aryl methyl sites for hydroxylation is 2. The van der Waals surface area contributed by atoms with Crippen LogP contribution in [0.4, 0.5) is 0 Å². The fraction of sp³-hybridized carbons (Fsp3) is 0.444. The average molecular weight is 313 g/mol. The van der Waals surface area contributed by atoms with Crippen molar-refractivity contribution in [2.24, 2.45) is 0 Å². The van der Waals surface area contributed by atoms with Crippen LogP contribution in [0.3, 0.4) is 0 Å². The molecular weight excluding hydrogens is 290 g/mol. The molecule has 1 aromatic carbocycles. The lowest BCUT2D eigenvalue weighted by atomic mass is 10.0. The highest BCUT2D eigenvalue weighted by atomic mass is 16.3. The molecule has 1 aliphatic heterocycles. The van der Waals surface area contributed by atoms with Gasteiger partial charge in [-0.3, -0.25) is 9.69 Å². The van der Waals surface area contributed by atoms with E-state index in [1.165, 1.54) is 0 Å².